The fourth-order valence-electron chi connectivity index (χ4n) is 1.69. The van der Waals surface area contributed by atoms with Crippen molar-refractivity contribution in [3.05, 3.63) is 28.8 Å². The van der Waals surface area contributed by atoms with Crippen LogP contribution in [0.3, 0.4) is 0 Å². The van der Waals surface area contributed by atoms with E-state index in [0.717, 1.165) is 0 Å². The highest BCUT2D eigenvalue weighted by molar-refractivity contribution is 6.34. The predicted molar refractivity (Wildman–Crippen MR) is 85.8 cm³/mol. The van der Waals surface area contributed by atoms with Crippen LogP contribution >= 0.6 is 11.6 Å². The molecule has 0 radical (unpaired) electrons. The van der Waals surface area contributed by atoms with Crippen LogP contribution in [0, 0.1) is 0 Å². The zero-order chi connectivity index (χ0) is 16.0. The van der Waals surface area contributed by atoms with Crippen LogP contribution in [0.2, 0.25) is 5.02 Å². The van der Waals surface area contributed by atoms with Crippen LogP contribution in [-0.2, 0) is 4.79 Å². The predicted octanol–water partition coefficient (Wildman–Crippen LogP) is 2.42. The SMILES string of the molecule is CNC(=O)c1cc(NC(=O)CCNC(C)(C)C)ccc1Cl. The second kappa shape index (κ2) is 7.43. The Balaban J connectivity index is 2.62. The van der Waals surface area contributed by atoms with E-state index in [2.05, 4.69) is 16.0 Å². The van der Waals surface area contributed by atoms with Crippen molar-refractivity contribution < 1.29 is 9.59 Å². The molecule has 0 aliphatic rings. The maximum atomic E-state index is 11.8. The summed E-state index contributed by atoms with van der Waals surface area (Å²) in [6.45, 7) is 6.71. The molecule has 0 unspecified atom stereocenters. The Hall–Kier alpha value is -1.59. The molecular formula is C15H22ClN3O2. The number of hydrogen-bond donors (Lipinski definition) is 3. The lowest BCUT2D eigenvalue weighted by Crippen LogP contribution is -2.37. The van der Waals surface area contributed by atoms with Crippen LogP contribution in [0.25, 0.3) is 0 Å². The fraction of sp³-hybridized carbons (Fsp3) is 0.467. The molecule has 1 aromatic carbocycles. The monoisotopic (exact) mass is 311 g/mol. The Kier molecular flexibility index (Phi) is 6.18. The van der Waals surface area contributed by atoms with Crippen molar-refractivity contribution in [1.82, 2.24) is 10.6 Å². The lowest BCUT2D eigenvalue weighted by Gasteiger charge is -2.20. The maximum Gasteiger partial charge on any atom is 0.252 e. The van der Waals surface area contributed by atoms with E-state index in [4.69, 9.17) is 11.6 Å². The molecule has 0 saturated heterocycles. The van der Waals surface area contributed by atoms with Gasteiger partial charge in [0.2, 0.25) is 5.91 Å². The van der Waals surface area contributed by atoms with Gasteiger partial charge in [-0.15, -0.1) is 0 Å². The zero-order valence-corrected chi connectivity index (χ0v) is 13.6. The molecule has 2 amide bonds. The lowest BCUT2D eigenvalue weighted by molar-refractivity contribution is -0.116. The minimum Gasteiger partial charge on any atom is -0.355 e. The fourth-order valence-corrected chi connectivity index (χ4v) is 1.89. The summed E-state index contributed by atoms with van der Waals surface area (Å²) < 4.78 is 0. The first-order chi connectivity index (χ1) is 9.73. The van der Waals surface area contributed by atoms with Gasteiger partial charge in [0.15, 0.2) is 0 Å². The first kappa shape index (κ1) is 17.5. The molecule has 0 heterocycles. The van der Waals surface area contributed by atoms with Crippen LogP contribution in [0.15, 0.2) is 18.2 Å². The first-order valence-electron chi connectivity index (χ1n) is 6.79. The number of benzene rings is 1. The molecule has 5 nitrogen and oxygen atoms in total. The molecule has 21 heavy (non-hydrogen) atoms. The Morgan fingerprint density at radius 3 is 2.48 bits per heavy atom. The quantitative estimate of drug-likeness (QED) is 0.782. The number of halogens is 1. The summed E-state index contributed by atoms with van der Waals surface area (Å²) in [4.78, 5) is 23.5. The Morgan fingerprint density at radius 1 is 1.24 bits per heavy atom. The highest BCUT2D eigenvalue weighted by Crippen LogP contribution is 2.20. The molecule has 1 rings (SSSR count). The third kappa shape index (κ3) is 6.14. The van der Waals surface area contributed by atoms with Crippen LogP contribution in [0.1, 0.15) is 37.6 Å². The number of hydrogen-bond acceptors (Lipinski definition) is 3. The lowest BCUT2D eigenvalue weighted by atomic mass is 10.1. The summed E-state index contributed by atoms with van der Waals surface area (Å²) >= 11 is 5.96. The number of amides is 2. The van der Waals surface area contributed by atoms with Gasteiger partial charge in [0.05, 0.1) is 10.6 Å². The van der Waals surface area contributed by atoms with E-state index >= 15 is 0 Å². The van der Waals surface area contributed by atoms with Crippen molar-refractivity contribution in [3.8, 4) is 0 Å². The van der Waals surface area contributed by atoms with Crippen molar-refractivity contribution in [2.45, 2.75) is 32.7 Å². The summed E-state index contributed by atoms with van der Waals surface area (Å²) in [6.07, 6.45) is 0.356. The van der Waals surface area contributed by atoms with Gasteiger partial charge in [-0.3, -0.25) is 9.59 Å². The molecular weight excluding hydrogens is 290 g/mol. The highest BCUT2D eigenvalue weighted by atomic mass is 35.5. The Labute approximate surface area is 130 Å². The molecule has 1 aromatic rings. The van der Waals surface area contributed by atoms with E-state index in [1.807, 2.05) is 20.8 Å². The third-order valence-corrected chi connectivity index (χ3v) is 3.06. The third-order valence-electron chi connectivity index (χ3n) is 2.73. The molecule has 0 aromatic heterocycles. The van der Waals surface area contributed by atoms with Crippen molar-refractivity contribution in [1.29, 1.82) is 0 Å². The molecule has 0 atom stereocenters. The van der Waals surface area contributed by atoms with Crippen LogP contribution in [-0.4, -0.2) is 30.9 Å². The molecule has 0 aliphatic heterocycles. The number of carbonyl (C=O) groups excluding carboxylic acids is 2. The van der Waals surface area contributed by atoms with Crippen molar-refractivity contribution >= 4 is 29.1 Å². The van der Waals surface area contributed by atoms with Gasteiger partial charge < -0.3 is 16.0 Å². The average molecular weight is 312 g/mol. The van der Waals surface area contributed by atoms with E-state index in [-0.39, 0.29) is 17.4 Å². The van der Waals surface area contributed by atoms with Gasteiger partial charge in [0, 0.05) is 31.2 Å². The van der Waals surface area contributed by atoms with Crippen molar-refractivity contribution in [2.24, 2.45) is 0 Å². The molecule has 0 fully saturated rings. The van der Waals surface area contributed by atoms with E-state index in [9.17, 15) is 9.59 Å². The second-order valence-corrected chi connectivity index (χ2v) is 6.16. The van der Waals surface area contributed by atoms with Gasteiger partial charge in [-0.05, 0) is 39.0 Å². The van der Waals surface area contributed by atoms with Gasteiger partial charge in [-0.2, -0.15) is 0 Å². The Morgan fingerprint density at radius 2 is 1.90 bits per heavy atom. The molecule has 116 valence electrons. The molecule has 0 spiro atoms. The summed E-state index contributed by atoms with van der Waals surface area (Å²) in [5, 5.41) is 8.85. The molecule has 0 bridgehead atoms. The van der Waals surface area contributed by atoms with Crippen LogP contribution in [0.4, 0.5) is 5.69 Å². The molecule has 3 N–H and O–H groups in total. The maximum absolute atomic E-state index is 11.8. The van der Waals surface area contributed by atoms with Gasteiger partial charge in [0.1, 0.15) is 0 Å². The normalized spacial score (nSPS) is 11.1. The van der Waals surface area contributed by atoms with E-state index < -0.39 is 0 Å². The molecule has 0 saturated carbocycles. The van der Waals surface area contributed by atoms with Gasteiger partial charge in [-0.1, -0.05) is 11.6 Å². The number of rotatable bonds is 5. The van der Waals surface area contributed by atoms with Gasteiger partial charge in [-0.25, -0.2) is 0 Å². The Bertz CT molecular complexity index is 524. The average Bonchev–Trinajstić information content (AvgIpc) is 2.38. The van der Waals surface area contributed by atoms with Crippen LogP contribution < -0.4 is 16.0 Å². The second-order valence-electron chi connectivity index (χ2n) is 5.75. The minimum absolute atomic E-state index is 0.0209. The summed E-state index contributed by atoms with van der Waals surface area (Å²) in [7, 11) is 1.53. The van der Waals surface area contributed by atoms with Crippen molar-refractivity contribution in [3.63, 3.8) is 0 Å². The number of nitrogens with one attached hydrogen (secondary N) is 3. The van der Waals surface area contributed by atoms with E-state index in [1.165, 1.54) is 7.05 Å². The van der Waals surface area contributed by atoms with E-state index in [0.29, 0.717) is 29.2 Å². The van der Waals surface area contributed by atoms with Crippen molar-refractivity contribution in [2.75, 3.05) is 18.9 Å². The van der Waals surface area contributed by atoms with Gasteiger partial charge >= 0.3 is 0 Å². The standard InChI is InChI=1S/C15H22ClN3O2/c1-15(2,3)18-8-7-13(20)19-10-5-6-12(16)11(9-10)14(21)17-4/h5-6,9,18H,7-8H2,1-4H3,(H,17,21)(H,19,20). The summed E-state index contributed by atoms with van der Waals surface area (Å²) in [5.74, 6) is -0.401. The molecule has 0 aliphatic carbocycles. The largest absolute Gasteiger partial charge is 0.355 e. The summed E-state index contributed by atoms with van der Waals surface area (Å²) in [6, 6.07) is 4.83. The topological polar surface area (TPSA) is 70.2 Å². The van der Waals surface area contributed by atoms with E-state index in [1.54, 1.807) is 18.2 Å². The summed E-state index contributed by atoms with van der Waals surface area (Å²) in [5.41, 5.74) is 0.871. The first-order valence-corrected chi connectivity index (χ1v) is 7.17. The smallest absolute Gasteiger partial charge is 0.252 e. The zero-order valence-electron chi connectivity index (χ0n) is 12.8. The van der Waals surface area contributed by atoms with Crippen LogP contribution in [0.5, 0.6) is 0 Å². The number of carbonyl (C=O) groups is 2. The minimum atomic E-state index is -0.287. The number of anilines is 1. The van der Waals surface area contributed by atoms with Gasteiger partial charge in [0.25, 0.3) is 5.91 Å². The highest BCUT2D eigenvalue weighted by Gasteiger charge is 2.12. The molecule has 6 heteroatoms.